The molecule has 1 heterocycles. The molecule has 0 aliphatic heterocycles. The molecule has 24 heavy (non-hydrogen) atoms. The van der Waals surface area contributed by atoms with E-state index in [-0.39, 0.29) is 5.91 Å². The lowest BCUT2D eigenvalue weighted by atomic mass is 9.96. The van der Waals surface area contributed by atoms with Crippen molar-refractivity contribution < 1.29 is 9.53 Å². The van der Waals surface area contributed by atoms with Gasteiger partial charge in [0.15, 0.2) is 5.69 Å². The highest BCUT2D eigenvalue weighted by atomic mass is 16.5. The maximum absolute atomic E-state index is 12.5. The monoisotopic (exact) mass is 328 g/mol. The van der Waals surface area contributed by atoms with Crippen LogP contribution >= 0.6 is 0 Å². The largest absolute Gasteiger partial charge is 0.383 e. The Labute approximate surface area is 142 Å². The molecule has 0 saturated carbocycles. The highest BCUT2D eigenvalue weighted by Gasteiger charge is 2.21. The Bertz CT molecular complexity index is 696. The number of para-hydroxylation sites is 1. The van der Waals surface area contributed by atoms with Gasteiger partial charge in [-0.1, -0.05) is 18.2 Å². The summed E-state index contributed by atoms with van der Waals surface area (Å²) in [4.78, 5) is 12.5. The molecule has 128 valence electrons. The maximum atomic E-state index is 12.5. The van der Waals surface area contributed by atoms with Gasteiger partial charge in [0.2, 0.25) is 0 Å². The van der Waals surface area contributed by atoms with Gasteiger partial charge in [-0.2, -0.15) is 5.10 Å². The summed E-state index contributed by atoms with van der Waals surface area (Å²) in [7, 11) is 1.68. The first-order chi connectivity index (χ1) is 11.8. The highest BCUT2D eigenvalue weighted by molar-refractivity contribution is 5.94. The number of benzene rings is 1. The fourth-order valence-corrected chi connectivity index (χ4v) is 3.06. The number of nitrogens with one attached hydrogen (secondary N) is 3. The van der Waals surface area contributed by atoms with Crippen LogP contribution in [0.5, 0.6) is 0 Å². The molecule has 6 nitrogen and oxygen atoms in total. The lowest BCUT2D eigenvalue weighted by molar-refractivity contribution is 0.0945. The second kappa shape index (κ2) is 7.97. The third kappa shape index (κ3) is 3.76. The number of rotatable bonds is 7. The van der Waals surface area contributed by atoms with Crippen molar-refractivity contribution in [1.82, 2.24) is 15.5 Å². The first kappa shape index (κ1) is 16.5. The van der Waals surface area contributed by atoms with Crippen LogP contribution in [0.3, 0.4) is 0 Å². The molecule has 2 aromatic rings. The van der Waals surface area contributed by atoms with Gasteiger partial charge in [-0.25, -0.2) is 0 Å². The van der Waals surface area contributed by atoms with Gasteiger partial charge in [-0.3, -0.25) is 9.89 Å². The van der Waals surface area contributed by atoms with E-state index in [9.17, 15) is 4.79 Å². The van der Waals surface area contributed by atoms with E-state index in [4.69, 9.17) is 4.74 Å². The molecule has 1 aliphatic rings. The number of aromatic nitrogens is 2. The fourth-order valence-electron chi connectivity index (χ4n) is 3.06. The molecule has 3 rings (SSSR count). The van der Waals surface area contributed by atoms with E-state index in [1.807, 2.05) is 24.3 Å². The molecule has 1 aromatic carbocycles. The van der Waals surface area contributed by atoms with Gasteiger partial charge in [0, 0.05) is 37.1 Å². The van der Waals surface area contributed by atoms with E-state index in [1.165, 1.54) is 0 Å². The molecule has 0 unspecified atom stereocenters. The van der Waals surface area contributed by atoms with Crippen molar-refractivity contribution >= 4 is 11.6 Å². The summed E-state index contributed by atoms with van der Waals surface area (Å²) in [5.41, 5.74) is 4.82. The maximum Gasteiger partial charge on any atom is 0.272 e. The first-order valence-corrected chi connectivity index (χ1v) is 8.44. The smallest absolute Gasteiger partial charge is 0.272 e. The second-order valence-electron chi connectivity index (χ2n) is 6.00. The molecular weight excluding hydrogens is 304 g/mol. The van der Waals surface area contributed by atoms with Crippen LogP contribution < -0.4 is 10.6 Å². The average Bonchev–Trinajstić information content (AvgIpc) is 3.05. The van der Waals surface area contributed by atoms with E-state index in [0.717, 1.165) is 54.7 Å². The molecule has 0 fully saturated rings. The number of aromatic amines is 1. The van der Waals surface area contributed by atoms with Crippen LogP contribution in [-0.4, -0.2) is 36.4 Å². The Morgan fingerprint density at radius 2 is 2.12 bits per heavy atom. The Kier molecular flexibility index (Phi) is 5.48. The standard InChI is InChI=1S/C18H24N4O2/c1-24-11-10-19-15-8-4-2-6-13(15)12-20-18(23)17-14-7-3-5-9-16(14)21-22-17/h2,4,6,8,19H,3,5,7,9-12H2,1H3,(H,20,23)(H,21,22). The van der Waals surface area contributed by atoms with Gasteiger partial charge in [0.25, 0.3) is 5.91 Å². The highest BCUT2D eigenvalue weighted by Crippen LogP contribution is 2.22. The summed E-state index contributed by atoms with van der Waals surface area (Å²) in [5.74, 6) is -0.110. The van der Waals surface area contributed by atoms with Crippen LogP contribution in [0.25, 0.3) is 0 Å². The van der Waals surface area contributed by atoms with Crippen LogP contribution in [0.15, 0.2) is 24.3 Å². The lowest BCUT2D eigenvalue weighted by Gasteiger charge is -2.13. The number of aryl methyl sites for hydroxylation is 1. The van der Waals surface area contributed by atoms with E-state index in [2.05, 4.69) is 20.8 Å². The van der Waals surface area contributed by atoms with Crippen LogP contribution in [0.1, 0.15) is 40.2 Å². The molecule has 1 aromatic heterocycles. The van der Waals surface area contributed by atoms with Gasteiger partial charge in [-0.15, -0.1) is 0 Å². The van der Waals surface area contributed by atoms with Gasteiger partial charge < -0.3 is 15.4 Å². The first-order valence-electron chi connectivity index (χ1n) is 8.44. The molecule has 0 saturated heterocycles. The number of nitrogens with zero attached hydrogens (tertiary/aromatic N) is 1. The number of amides is 1. The minimum absolute atomic E-state index is 0.110. The normalized spacial score (nSPS) is 13.4. The number of hydrogen-bond acceptors (Lipinski definition) is 4. The lowest BCUT2D eigenvalue weighted by Crippen LogP contribution is -2.25. The SMILES string of the molecule is COCCNc1ccccc1CNC(=O)c1n[nH]c2c1CCCC2. The van der Waals surface area contributed by atoms with E-state index < -0.39 is 0 Å². The summed E-state index contributed by atoms with van der Waals surface area (Å²) >= 11 is 0. The van der Waals surface area contributed by atoms with E-state index >= 15 is 0 Å². The fraction of sp³-hybridized carbons (Fsp3) is 0.444. The van der Waals surface area contributed by atoms with Crippen molar-refractivity contribution in [2.75, 3.05) is 25.6 Å². The number of anilines is 1. The summed E-state index contributed by atoms with van der Waals surface area (Å²) in [6, 6.07) is 7.97. The van der Waals surface area contributed by atoms with Crippen molar-refractivity contribution in [3.63, 3.8) is 0 Å². The summed E-state index contributed by atoms with van der Waals surface area (Å²) in [5, 5.41) is 13.6. The second-order valence-corrected chi connectivity index (χ2v) is 6.00. The van der Waals surface area contributed by atoms with Crippen LogP contribution in [0.4, 0.5) is 5.69 Å². The average molecular weight is 328 g/mol. The van der Waals surface area contributed by atoms with Crippen LogP contribution in [-0.2, 0) is 24.1 Å². The van der Waals surface area contributed by atoms with Crippen LogP contribution in [0.2, 0.25) is 0 Å². The van der Waals surface area contributed by atoms with Crippen molar-refractivity contribution in [2.24, 2.45) is 0 Å². The predicted molar refractivity (Wildman–Crippen MR) is 93.2 cm³/mol. The number of carbonyl (C=O) groups excluding carboxylic acids is 1. The molecule has 3 N–H and O–H groups in total. The van der Waals surface area contributed by atoms with Crippen molar-refractivity contribution in [2.45, 2.75) is 32.2 Å². The summed E-state index contributed by atoms with van der Waals surface area (Å²) in [6.45, 7) is 1.84. The zero-order valence-corrected chi connectivity index (χ0v) is 14.0. The number of carbonyl (C=O) groups is 1. The minimum atomic E-state index is -0.110. The summed E-state index contributed by atoms with van der Waals surface area (Å²) < 4.78 is 5.06. The Hall–Kier alpha value is -2.34. The molecule has 1 amide bonds. The molecule has 0 atom stereocenters. The molecule has 0 radical (unpaired) electrons. The Morgan fingerprint density at radius 3 is 3.00 bits per heavy atom. The zero-order chi connectivity index (χ0) is 16.8. The third-order valence-corrected chi connectivity index (χ3v) is 4.35. The van der Waals surface area contributed by atoms with Gasteiger partial charge in [0.1, 0.15) is 0 Å². The molecule has 0 bridgehead atoms. The predicted octanol–water partition coefficient (Wildman–Crippen LogP) is 2.28. The Morgan fingerprint density at radius 1 is 1.29 bits per heavy atom. The number of methoxy groups -OCH3 is 1. The van der Waals surface area contributed by atoms with Crippen molar-refractivity contribution in [1.29, 1.82) is 0 Å². The molecule has 6 heteroatoms. The minimum Gasteiger partial charge on any atom is -0.383 e. The van der Waals surface area contributed by atoms with Gasteiger partial charge >= 0.3 is 0 Å². The van der Waals surface area contributed by atoms with Gasteiger partial charge in [-0.05, 0) is 37.3 Å². The van der Waals surface area contributed by atoms with Crippen molar-refractivity contribution in [3.8, 4) is 0 Å². The third-order valence-electron chi connectivity index (χ3n) is 4.35. The van der Waals surface area contributed by atoms with Crippen molar-refractivity contribution in [3.05, 3.63) is 46.8 Å². The van der Waals surface area contributed by atoms with E-state index in [1.54, 1.807) is 7.11 Å². The summed E-state index contributed by atoms with van der Waals surface area (Å²) in [6.07, 6.45) is 4.21. The molecule has 1 aliphatic carbocycles. The number of fused-ring (bicyclic) bond motifs is 1. The number of H-pyrrole nitrogens is 1. The quantitative estimate of drug-likeness (QED) is 0.681. The molecular formula is C18H24N4O2. The van der Waals surface area contributed by atoms with Gasteiger partial charge in [0.05, 0.1) is 6.61 Å². The zero-order valence-electron chi connectivity index (χ0n) is 14.0. The Balaban J connectivity index is 1.63. The molecule has 0 spiro atoms. The number of ether oxygens (including phenoxy) is 1. The van der Waals surface area contributed by atoms with Crippen LogP contribution in [0, 0.1) is 0 Å². The number of hydrogen-bond donors (Lipinski definition) is 3. The van der Waals surface area contributed by atoms with E-state index in [0.29, 0.717) is 18.8 Å². The topological polar surface area (TPSA) is 79.0 Å².